The number of halogens is 1. The number of benzene rings is 1. The van der Waals surface area contributed by atoms with Crippen molar-refractivity contribution in [2.24, 2.45) is 0 Å². The van der Waals surface area contributed by atoms with Gasteiger partial charge < -0.3 is 15.0 Å². The first kappa shape index (κ1) is 24.1. The number of amides is 3. The number of likely N-dealkylation sites (N-methyl/N-ethyl adjacent to an activating group) is 1. The molecule has 3 rings (SSSR count). The normalized spacial score (nSPS) is 22.1. The van der Waals surface area contributed by atoms with E-state index >= 15 is 0 Å². The maximum absolute atomic E-state index is 13.1. The number of carbonyl (C=O) groups is 3. The Labute approximate surface area is 194 Å². The number of urea groups is 1. The minimum atomic E-state index is -0.707. The van der Waals surface area contributed by atoms with Gasteiger partial charge in [0.2, 0.25) is 5.91 Å². The predicted molar refractivity (Wildman–Crippen MR) is 122 cm³/mol. The molecular weight excluding hydrogens is 432 g/mol. The summed E-state index contributed by atoms with van der Waals surface area (Å²) in [6, 6.07) is 6.18. The number of hydrogen-bond donors (Lipinski definition) is 1. The van der Waals surface area contributed by atoms with Gasteiger partial charge in [-0.2, -0.15) is 0 Å². The van der Waals surface area contributed by atoms with Crippen molar-refractivity contribution >= 4 is 29.5 Å². The molecule has 0 aliphatic carbocycles. The summed E-state index contributed by atoms with van der Waals surface area (Å²) in [7, 11) is 1.65. The Morgan fingerprint density at radius 1 is 1.22 bits per heavy atom. The summed E-state index contributed by atoms with van der Waals surface area (Å²) in [6.45, 7) is 8.15. The summed E-state index contributed by atoms with van der Waals surface area (Å²) >= 11 is 6.42. The molecule has 0 saturated carbocycles. The summed E-state index contributed by atoms with van der Waals surface area (Å²) in [5.74, 6) is -0.344. The Bertz CT molecular complexity index is 919. The summed E-state index contributed by atoms with van der Waals surface area (Å²) in [6.07, 6.45) is 0.477. The Kier molecular flexibility index (Phi) is 7.79. The number of rotatable bonds is 6. The quantitative estimate of drug-likeness (QED) is 0.657. The highest BCUT2D eigenvalue weighted by atomic mass is 35.5. The van der Waals surface area contributed by atoms with Crippen LogP contribution >= 0.6 is 11.6 Å². The second-order valence-electron chi connectivity index (χ2n) is 8.07. The summed E-state index contributed by atoms with van der Waals surface area (Å²) in [5, 5.41) is 3.35. The average Bonchev–Trinajstić information content (AvgIpc) is 2.77. The smallest absolute Gasteiger partial charge is 0.338 e. The lowest BCUT2D eigenvalue weighted by Gasteiger charge is -2.42. The number of piperazine rings is 1. The molecule has 1 aromatic rings. The largest absolute Gasteiger partial charge is 0.463 e. The molecule has 0 unspecified atom stereocenters. The van der Waals surface area contributed by atoms with Gasteiger partial charge in [-0.25, -0.2) is 9.59 Å². The first-order valence-corrected chi connectivity index (χ1v) is 11.4. The van der Waals surface area contributed by atoms with Crippen LogP contribution in [0.2, 0.25) is 5.02 Å². The topological polar surface area (TPSA) is 82.2 Å². The molecular formula is C23H31ClN4O4. The van der Waals surface area contributed by atoms with E-state index in [1.54, 1.807) is 32.2 Å². The number of nitrogens with zero attached hydrogens (tertiary/aromatic N) is 3. The molecule has 2 aliphatic heterocycles. The number of esters is 1. The van der Waals surface area contributed by atoms with Crippen LogP contribution in [0.4, 0.5) is 4.79 Å². The van der Waals surface area contributed by atoms with Crippen LogP contribution in [-0.2, 0) is 14.3 Å². The first-order valence-electron chi connectivity index (χ1n) is 11.0. The minimum absolute atomic E-state index is 0.0462. The maximum atomic E-state index is 13.1. The van der Waals surface area contributed by atoms with Crippen LogP contribution in [0.1, 0.15) is 38.8 Å². The van der Waals surface area contributed by atoms with Gasteiger partial charge >= 0.3 is 12.0 Å². The van der Waals surface area contributed by atoms with E-state index in [2.05, 4.69) is 10.2 Å². The molecule has 8 nitrogen and oxygen atoms in total. The molecule has 1 fully saturated rings. The summed E-state index contributed by atoms with van der Waals surface area (Å²) in [4.78, 5) is 43.6. The fourth-order valence-corrected chi connectivity index (χ4v) is 4.55. The number of nitrogens with one attached hydrogen (secondary N) is 1. The van der Waals surface area contributed by atoms with Crippen molar-refractivity contribution in [1.29, 1.82) is 0 Å². The van der Waals surface area contributed by atoms with Gasteiger partial charge in [0.25, 0.3) is 0 Å². The second-order valence-corrected chi connectivity index (χ2v) is 8.48. The average molecular weight is 463 g/mol. The van der Waals surface area contributed by atoms with Crippen molar-refractivity contribution in [3.63, 3.8) is 0 Å². The molecule has 2 aliphatic rings. The van der Waals surface area contributed by atoms with Crippen LogP contribution in [0.3, 0.4) is 0 Å². The second kappa shape index (κ2) is 10.4. The van der Waals surface area contributed by atoms with Gasteiger partial charge in [-0.05, 0) is 25.5 Å². The van der Waals surface area contributed by atoms with Crippen LogP contribution in [-0.4, -0.2) is 78.5 Å². The van der Waals surface area contributed by atoms with Gasteiger partial charge in [-0.3, -0.25) is 14.6 Å². The number of carbonyl (C=O) groups excluding carboxylic acids is 3. The van der Waals surface area contributed by atoms with Crippen molar-refractivity contribution in [2.45, 2.75) is 39.3 Å². The van der Waals surface area contributed by atoms with Crippen molar-refractivity contribution in [3.8, 4) is 0 Å². The zero-order valence-corrected chi connectivity index (χ0v) is 19.8. The van der Waals surface area contributed by atoms with E-state index in [1.807, 2.05) is 24.8 Å². The SMILES string of the molecule is CCOC(=O)C1=C(CN2CCN(C(=O)CC)[C@H](C)C2)N(C)C(=O)N[C@H]1c1ccccc1Cl. The molecule has 0 spiro atoms. The van der Waals surface area contributed by atoms with Crippen LogP contribution in [0.25, 0.3) is 0 Å². The van der Waals surface area contributed by atoms with Crippen LogP contribution in [0.5, 0.6) is 0 Å². The van der Waals surface area contributed by atoms with Gasteiger partial charge in [0.05, 0.1) is 18.2 Å². The van der Waals surface area contributed by atoms with Crippen LogP contribution in [0.15, 0.2) is 35.5 Å². The van der Waals surface area contributed by atoms with Gasteiger partial charge in [0.15, 0.2) is 0 Å². The molecule has 9 heteroatoms. The van der Waals surface area contributed by atoms with E-state index in [4.69, 9.17) is 16.3 Å². The molecule has 32 heavy (non-hydrogen) atoms. The fraction of sp³-hybridized carbons (Fsp3) is 0.522. The third-order valence-corrected chi connectivity index (χ3v) is 6.34. The van der Waals surface area contributed by atoms with Crippen molar-refractivity contribution in [1.82, 2.24) is 20.0 Å². The monoisotopic (exact) mass is 462 g/mol. The standard InChI is InChI=1S/C23H31ClN4O4/c1-5-19(29)28-12-11-27(13-15(28)3)14-18-20(22(30)32-6-2)21(25-23(31)26(18)4)16-9-7-8-10-17(16)24/h7-10,15,21H,5-6,11-14H2,1-4H3,(H,25,31)/t15-,21+/m1/s1. The van der Waals surface area contributed by atoms with E-state index in [0.717, 1.165) is 0 Å². The van der Waals surface area contributed by atoms with E-state index in [0.29, 0.717) is 54.5 Å². The van der Waals surface area contributed by atoms with E-state index in [-0.39, 0.29) is 24.6 Å². The summed E-state index contributed by atoms with van der Waals surface area (Å²) < 4.78 is 5.37. The molecule has 0 bridgehead atoms. The third kappa shape index (κ3) is 4.91. The van der Waals surface area contributed by atoms with Gasteiger partial charge in [-0.15, -0.1) is 0 Å². The Morgan fingerprint density at radius 3 is 2.56 bits per heavy atom. The number of hydrogen-bond acceptors (Lipinski definition) is 5. The predicted octanol–water partition coefficient (Wildman–Crippen LogP) is 2.80. The van der Waals surface area contributed by atoms with Crippen molar-refractivity contribution in [3.05, 3.63) is 46.1 Å². The molecule has 1 N–H and O–H groups in total. The van der Waals surface area contributed by atoms with Crippen LogP contribution in [0, 0.1) is 0 Å². The minimum Gasteiger partial charge on any atom is -0.463 e. The Morgan fingerprint density at radius 2 is 1.94 bits per heavy atom. The van der Waals surface area contributed by atoms with Crippen molar-refractivity contribution in [2.75, 3.05) is 39.8 Å². The zero-order valence-electron chi connectivity index (χ0n) is 19.1. The molecule has 3 amide bonds. The lowest BCUT2D eigenvalue weighted by Crippen LogP contribution is -2.56. The highest BCUT2D eigenvalue weighted by Crippen LogP contribution is 2.34. The highest BCUT2D eigenvalue weighted by Gasteiger charge is 2.39. The van der Waals surface area contributed by atoms with Gasteiger partial charge in [0.1, 0.15) is 0 Å². The number of ether oxygens (including phenoxy) is 1. The van der Waals surface area contributed by atoms with E-state index < -0.39 is 12.0 Å². The summed E-state index contributed by atoms with van der Waals surface area (Å²) in [5.41, 5.74) is 1.60. The van der Waals surface area contributed by atoms with E-state index in [1.165, 1.54) is 4.90 Å². The van der Waals surface area contributed by atoms with E-state index in [9.17, 15) is 14.4 Å². The van der Waals surface area contributed by atoms with Crippen molar-refractivity contribution < 1.29 is 19.1 Å². The van der Waals surface area contributed by atoms with Crippen LogP contribution < -0.4 is 5.32 Å². The lowest BCUT2D eigenvalue weighted by atomic mass is 9.94. The molecule has 0 radical (unpaired) electrons. The lowest BCUT2D eigenvalue weighted by molar-refractivity contribution is -0.139. The van der Waals surface area contributed by atoms with Gasteiger partial charge in [0, 0.05) is 56.4 Å². The zero-order chi connectivity index (χ0) is 23.4. The molecule has 0 aromatic heterocycles. The Balaban J connectivity index is 1.97. The first-order chi connectivity index (χ1) is 15.3. The maximum Gasteiger partial charge on any atom is 0.338 e. The third-order valence-electron chi connectivity index (χ3n) is 6.00. The molecule has 2 atom stereocenters. The molecule has 1 saturated heterocycles. The fourth-order valence-electron chi connectivity index (χ4n) is 4.30. The highest BCUT2D eigenvalue weighted by molar-refractivity contribution is 6.31. The molecule has 1 aromatic carbocycles. The Hall–Kier alpha value is -2.58. The van der Waals surface area contributed by atoms with Gasteiger partial charge in [-0.1, -0.05) is 36.7 Å². The molecule has 174 valence electrons. The molecule has 2 heterocycles.